The molecule has 0 aliphatic rings. The van der Waals surface area contributed by atoms with Crippen LogP contribution in [0.4, 0.5) is 5.69 Å². The van der Waals surface area contributed by atoms with Crippen LogP contribution < -0.4 is 10.6 Å². The van der Waals surface area contributed by atoms with E-state index in [1.54, 1.807) is 0 Å². The van der Waals surface area contributed by atoms with E-state index in [1.807, 2.05) is 60.4 Å². The summed E-state index contributed by atoms with van der Waals surface area (Å²) in [5.41, 5.74) is 2.00. The van der Waals surface area contributed by atoms with E-state index in [2.05, 4.69) is 10.6 Å². The summed E-state index contributed by atoms with van der Waals surface area (Å²) in [6.07, 6.45) is 3.89. The predicted molar refractivity (Wildman–Crippen MR) is 72.3 cm³/mol. The minimum absolute atomic E-state index is 0.0205. The Kier molecular flexibility index (Phi) is 4.15. The van der Waals surface area contributed by atoms with Crippen LogP contribution in [-0.4, -0.2) is 17.5 Å². The van der Waals surface area contributed by atoms with Crippen molar-refractivity contribution >= 4 is 11.6 Å². The van der Waals surface area contributed by atoms with Crippen molar-refractivity contribution in [2.45, 2.75) is 13.1 Å². The van der Waals surface area contributed by atoms with Crippen molar-refractivity contribution in [2.75, 3.05) is 12.4 Å². The van der Waals surface area contributed by atoms with E-state index in [4.69, 9.17) is 0 Å². The Morgan fingerprint density at radius 2 is 2.00 bits per heavy atom. The average molecular weight is 243 g/mol. The van der Waals surface area contributed by atoms with Gasteiger partial charge in [0.05, 0.1) is 0 Å². The van der Waals surface area contributed by atoms with Crippen LogP contribution >= 0.6 is 0 Å². The maximum atomic E-state index is 11.8. The fourth-order valence-corrected chi connectivity index (χ4v) is 1.79. The Morgan fingerprint density at radius 1 is 1.22 bits per heavy atom. The normalized spacial score (nSPS) is 10.3. The summed E-state index contributed by atoms with van der Waals surface area (Å²) in [4.78, 5) is 11.8. The number of nitrogens with one attached hydrogen (secondary N) is 2. The first-order chi connectivity index (χ1) is 8.78. The van der Waals surface area contributed by atoms with E-state index in [-0.39, 0.29) is 5.91 Å². The van der Waals surface area contributed by atoms with Crippen molar-refractivity contribution in [3.8, 4) is 0 Å². The smallest absolute Gasteiger partial charge is 0.244 e. The van der Waals surface area contributed by atoms with Gasteiger partial charge in [0.1, 0.15) is 6.54 Å². The molecule has 0 saturated heterocycles. The number of carbonyl (C=O) groups excluding carboxylic acids is 1. The molecule has 4 nitrogen and oxygen atoms in total. The fraction of sp³-hybridized carbons (Fsp3) is 0.214. The highest BCUT2D eigenvalue weighted by Gasteiger charge is 2.03. The fourth-order valence-electron chi connectivity index (χ4n) is 1.79. The topological polar surface area (TPSA) is 46.1 Å². The van der Waals surface area contributed by atoms with Crippen LogP contribution in [-0.2, 0) is 17.9 Å². The van der Waals surface area contributed by atoms with E-state index in [0.29, 0.717) is 6.54 Å². The van der Waals surface area contributed by atoms with Crippen molar-refractivity contribution in [3.05, 3.63) is 54.4 Å². The highest BCUT2D eigenvalue weighted by Crippen LogP contribution is 2.06. The molecule has 4 heteroatoms. The first kappa shape index (κ1) is 12.4. The third-order valence-electron chi connectivity index (χ3n) is 2.58. The molecule has 0 bridgehead atoms. The molecule has 0 atom stereocenters. The van der Waals surface area contributed by atoms with Gasteiger partial charge in [-0.2, -0.15) is 0 Å². The molecule has 94 valence electrons. The van der Waals surface area contributed by atoms with Gasteiger partial charge in [-0.25, -0.2) is 0 Å². The third-order valence-corrected chi connectivity index (χ3v) is 2.58. The number of amides is 1. The molecule has 2 aromatic rings. The molecule has 0 unspecified atom stereocenters. The number of benzene rings is 1. The lowest BCUT2D eigenvalue weighted by Gasteiger charge is -2.05. The standard InChI is InChI=1S/C14H17N3O/c1-15-9-12-7-8-17(10-12)11-14(18)16-13-5-3-2-4-6-13/h2-8,10,15H,9,11H2,1H3,(H,16,18). The first-order valence-electron chi connectivity index (χ1n) is 5.92. The van der Waals surface area contributed by atoms with Crippen molar-refractivity contribution in [2.24, 2.45) is 0 Å². The van der Waals surface area contributed by atoms with Gasteiger partial charge in [0.25, 0.3) is 0 Å². The molecule has 0 saturated carbocycles. The second-order valence-corrected chi connectivity index (χ2v) is 4.14. The number of hydrogen-bond acceptors (Lipinski definition) is 2. The minimum atomic E-state index is -0.0205. The summed E-state index contributed by atoms with van der Waals surface area (Å²) >= 11 is 0. The molecule has 2 N–H and O–H groups in total. The monoisotopic (exact) mass is 243 g/mol. The van der Waals surface area contributed by atoms with Gasteiger partial charge in [-0.3, -0.25) is 4.79 Å². The zero-order valence-electron chi connectivity index (χ0n) is 10.4. The number of nitrogens with zero attached hydrogens (tertiary/aromatic N) is 1. The minimum Gasteiger partial charge on any atom is -0.345 e. The molecule has 1 amide bonds. The van der Waals surface area contributed by atoms with Gasteiger partial charge in [-0.1, -0.05) is 18.2 Å². The number of rotatable bonds is 5. The summed E-state index contributed by atoms with van der Waals surface area (Å²) in [5, 5.41) is 5.93. The van der Waals surface area contributed by atoms with Gasteiger partial charge < -0.3 is 15.2 Å². The summed E-state index contributed by atoms with van der Waals surface area (Å²) in [5.74, 6) is -0.0205. The van der Waals surface area contributed by atoms with Gasteiger partial charge in [-0.05, 0) is 30.8 Å². The Morgan fingerprint density at radius 3 is 2.72 bits per heavy atom. The van der Waals surface area contributed by atoms with Crippen molar-refractivity contribution in [3.63, 3.8) is 0 Å². The molecule has 0 fully saturated rings. The van der Waals surface area contributed by atoms with Crippen molar-refractivity contribution < 1.29 is 4.79 Å². The number of aromatic nitrogens is 1. The molecule has 1 aromatic heterocycles. The SMILES string of the molecule is CNCc1ccn(CC(=O)Nc2ccccc2)c1. The molecule has 1 aromatic carbocycles. The largest absolute Gasteiger partial charge is 0.345 e. The molecular formula is C14H17N3O. The maximum Gasteiger partial charge on any atom is 0.244 e. The zero-order chi connectivity index (χ0) is 12.8. The Hall–Kier alpha value is -2.07. The summed E-state index contributed by atoms with van der Waals surface area (Å²) in [6, 6.07) is 11.5. The highest BCUT2D eigenvalue weighted by atomic mass is 16.1. The highest BCUT2D eigenvalue weighted by molar-refractivity contribution is 5.90. The van der Waals surface area contributed by atoms with Crippen LogP contribution in [0.25, 0.3) is 0 Å². The Bertz CT molecular complexity index is 505. The molecule has 0 aliphatic carbocycles. The molecule has 2 rings (SSSR count). The van der Waals surface area contributed by atoms with Gasteiger partial charge >= 0.3 is 0 Å². The molecule has 0 spiro atoms. The van der Waals surface area contributed by atoms with E-state index >= 15 is 0 Å². The van der Waals surface area contributed by atoms with Crippen LogP contribution in [0.2, 0.25) is 0 Å². The first-order valence-corrected chi connectivity index (χ1v) is 5.92. The Labute approximate surface area is 107 Å². The van der Waals surface area contributed by atoms with Crippen molar-refractivity contribution in [1.29, 1.82) is 0 Å². The van der Waals surface area contributed by atoms with Gasteiger partial charge in [0.2, 0.25) is 5.91 Å². The van der Waals surface area contributed by atoms with E-state index < -0.39 is 0 Å². The van der Waals surface area contributed by atoms with Crippen LogP contribution in [0, 0.1) is 0 Å². The van der Waals surface area contributed by atoms with Crippen LogP contribution in [0.3, 0.4) is 0 Å². The molecule has 0 radical (unpaired) electrons. The number of hydrogen-bond donors (Lipinski definition) is 2. The van der Waals surface area contributed by atoms with Gasteiger partial charge in [0.15, 0.2) is 0 Å². The van der Waals surface area contributed by atoms with Crippen LogP contribution in [0.1, 0.15) is 5.56 Å². The molecule has 18 heavy (non-hydrogen) atoms. The van der Waals surface area contributed by atoms with Crippen LogP contribution in [0.5, 0.6) is 0 Å². The lowest BCUT2D eigenvalue weighted by atomic mass is 10.3. The lowest BCUT2D eigenvalue weighted by Crippen LogP contribution is -2.17. The molecular weight excluding hydrogens is 226 g/mol. The van der Waals surface area contributed by atoms with E-state index in [9.17, 15) is 4.79 Å². The molecule has 0 aliphatic heterocycles. The second-order valence-electron chi connectivity index (χ2n) is 4.14. The van der Waals surface area contributed by atoms with Gasteiger partial charge in [0, 0.05) is 24.6 Å². The second kappa shape index (κ2) is 6.02. The predicted octanol–water partition coefficient (Wildman–Crippen LogP) is 1.85. The maximum absolute atomic E-state index is 11.8. The number of para-hydroxylation sites is 1. The molecule has 1 heterocycles. The number of carbonyl (C=O) groups is 1. The van der Waals surface area contributed by atoms with Crippen molar-refractivity contribution in [1.82, 2.24) is 9.88 Å². The average Bonchev–Trinajstić information content (AvgIpc) is 2.78. The Balaban J connectivity index is 1.90. The lowest BCUT2D eigenvalue weighted by molar-refractivity contribution is -0.116. The number of anilines is 1. The van der Waals surface area contributed by atoms with Gasteiger partial charge in [-0.15, -0.1) is 0 Å². The quantitative estimate of drug-likeness (QED) is 0.841. The zero-order valence-corrected chi connectivity index (χ0v) is 10.4. The summed E-state index contributed by atoms with van der Waals surface area (Å²) in [7, 11) is 1.90. The van der Waals surface area contributed by atoms with E-state index in [1.165, 1.54) is 5.56 Å². The summed E-state index contributed by atoms with van der Waals surface area (Å²) < 4.78 is 1.88. The summed E-state index contributed by atoms with van der Waals surface area (Å²) in [6.45, 7) is 1.14. The third kappa shape index (κ3) is 3.46. The van der Waals surface area contributed by atoms with Crippen LogP contribution in [0.15, 0.2) is 48.8 Å². The van der Waals surface area contributed by atoms with E-state index in [0.717, 1.165) is 12.2 Å².